The number of para-hydroxylation sites is 1. The van der Waals surface area contributed by atoms with Crippen molar-refractivity contribution in [2.45, 2.75) is 55.8 Å². The summed E-state index contributed by atoms with van der Waals surface area (Å²) in [6, 6.07) is 7.74. The molecule has 8 nitrogen and oxygen atoms in total. The number of alkyl halides is 6. The number of benzene rings is 2. The number of hydrogen-bond donors (Lipinski definition) is 1. The first-order valence-corrected chi connectivity index (χ1v) is 12.2. The van der Waals surface area contributed by atoms with Gasteiger partial charge in [-0.3, -0.25) is 8.74 Å². The summed E-state index contributed by atoms with van der Waals surface area (Å²) >= 11 is 0. The zero-order chi connectivity index (χ0) is 27.2. The summed E-state index contributed by atoms with van der Waals surface area (Å²) in [7, 11) is -9.06. The van der Waals surface area contributed by atoms with Gasteiger partial charge in [-0.05, 0) is 44.0 Å². The Balaban J connectivity index is 0.000000351. The van der Waals surface area contributed by atoms with Gasteiger partial charge in [0.1, 0.15) is 9.79 Å². The molecule has 0 bridgehead atoms. The lowest BCUT2D eigenvalue weighted by Crippen LogP contribution is -2.20. The van der Waals surface area contributed by atoms with Crippen molar-refractivity contribution in [3.8, 4) is 11.5 Å². The average Bonchev–Trinajstić information content (AvgIpc) is 2.64. The predicted molar refractivity (Wildman–Crippen MR) is 109 cm³/mol. The van der Waals surface area contributed by atoms with Gasteiger partial charge in [0.15, 0.2) is 11.5 Å². The first-order valence-electron chi connectivity index (χ1n) is 9.40. The number of ether oxygens (including phenoxy) is 2. The Morgan fingerprint density at radius 2 is 1.31 bits per heavy atom. The quantitative estimate of drug-likeness (QED) is 0.286. The second kappa shape index (κ2) is 11.5. The lowest BCUT2D eigenvalue weighted by molar-refractivity contribution is -0.276. The Morgan fingerprint density at radius 1 is 0.829 bits per heavy atom. The Bertz CT molecular complexity index is 1210. The molecule has 16 heteroatoms. The Morgan fingerprint density at radius 3 is 1.77 bits per heavy atom. The fourth-order valence-electron chi connectivity index (χ4n) is 2.51. The van der Waals surface area contributed by atoms with Gasteiger partial charge in [-0.2, -0.15) is 16.8 Å². The largest absolute Gasteiger partial charge is 0.573 e. The van der Waals surface area contributed by atoms with Gasteiger partial charge in [0, 0.05) is 0 Å². The molecule has 2 rings (SSSR count). The molecule has 0 atom stereocenters. The van der Waals surface area contributed by atoms with Crippen LogP contribution in [0.25, 0.3) is 0 Å². The molecule has 35 heavy (non-hydrogen) atoms. The van der Waals surface area contributed by atoms with Crippen molar-refractivity contribution >= 4 is 20.2 Å². The Hall–Kier alpha value is -2.56. The minimum Gasteiger partial charge on any atom is -0.404 e. The molecule has 0 amide bonds. The second-order valence-electron chi connectivity index (χ2n) is 6.71. The van der Waals surface area contributed by atoms with E-state index in [4.69, 9.17) is 4.55 Å². The molecule has 2 aromatic rings. The smallest absolute Gasteiger partial charge is 0.404 e. The van der Waals surface area contributed by atoms with Crippen molar-refractivity contribution in [1.82, 2.24) is 0 Å². The molecule has 1 N–H and O–H groups in total. The standard InChI is InChI=1S/C10H11F3O4S.C9H9F3O4S/c1-7(2)17-18(14,15)9-6-4-3-5-8(9)16-10(11,12)13;1-2-6-4-3-5-7(16-9(10,11)12)8(6)17(13,14)15/h3-7H,1-2H3;3-5H,2H2,1H3,(H,13,14,15). The molecule has 0 radical (unpaired) electrons. The molecular formula is C19H20F6O8S2. The molecule has 0 aliphatic heterocycles. The summed E-state index contributed by atoms with van der Waals surface area (Å²) in [6.07, 6.45) is -10.5. The van der Waals surface area contributed by atoms with Crippen LogP contribution >= 0.6 is 0 Å². The zero-order valence-corrected chi connectivity index (χ0v) is 19.8. The maximum absolute atomic E-state index is 12.1. The fourth-order valence-corrected chi connectivity index (χ4v) is 4.63. The van der Waals surface area contributed by atoms with E-state index in [0.29, 0.717) is 0 Å². The van der Waals surface area contributed by atoms with Crippen LogP contribution < -0.4 is 9.47 Å². The van der Waals surface area contributed by atoms with Crippen LogP contribution in [0.15, 0.2) is 52.3 Å². The third-order valence-corrected chi connectivity index (χ3v) is 6.08. The monoisotopic (exact) mass is 554 g/mol. The van der Waals surface area contributed by atoms with Crippen molar-refractivity contribution in [3.05, 3.63) is 48.0 Å². The molecule has 198 valence electrons. The third kappa shape index (κ3) is 10.3. The summed E-state index contributed by atoms with van der Waals surface area (Å²) in [5.41, 5.74) is 0.0502. The highest BCUT2D eigenvalue weighted by atomic mass is 32.2. The van der Waals surface area contributed by atoms with Gasteiger partial charge in [-0.15, -0.1) is 26.3 Å². The highest BCUT2D eigenvalue weighted by molar-refractivity contribution is 7.87. The lowest BCUT2D eigenvalue weighted by atomic mass is 10.1. The fraction of sp³-hybridized carbons (Fsp3) is 0.368. The highest BCUT2D eigenvalue weighted by Crippen LogP contribution is 2.32. The van der Waals surface area contributed by atoms with Gasteiger partial charge >= 0.3 is 22.8 Å². The second-order valence-corrected chi connectivity index (χ2v) is 9.61. The van der Waals surface area contributed by atoms with E-state index < -0.39 is 60.4 Å². The summed E-state index contributed by atoms with van der Waals surface area (Å²) in [6.45, 7) is 4.44. The first-order chi connectivity index (χ1) is 15.8. The maximum atomic E-state index is 12.1. The van der Waals surface area contributed by atoms with Crippen LogP contribution in [0.4, 0.5) is 26.3 Å². The molecule has 0 fully saturated rings. The Labute approximate surface area is 197 Å². The van der Waals surface area contributed by atoms with Crippen LogP contribution in [-0.2, 0) is 30.8 Å². The van der Waals surface area contributed by atoms with Crippen LogP contribution in [0.1, 0.15) is 26.3 Å². The SMILES string of the molecule is CC(C)OS(=O)(=O)c1ccccc1OC(F)(F)F.CCc1cccc(OC(F)(F)F)c1S(=O)(=O)O. The van der Waals surface area contributed by atoms with Gasteiger partial charge in [0.05, 0.1) is 6.10 Å². The van der Waals surface area contributed by atoms with Crippen LogP contribution in [0.3, 0.4) is 0 Å². The molecular weight excluding hydrogens is 534 g/mol. The van der Waals surface area contributed by atoms with E-state index >= 15 is 0 Å². The van der Waals surface area contributed by atoms with E-state index in [-0.39, 0.29) is 12.0 Å². The van der Waals surface area contributed by atoms with Crippen molar-refractivity contribution in [1.29, 1.82) is 0 Å². The molecule has 0 heterocycles. The molecule has 0 saturated heterocycles. The summed E-state index contributed by atoms with van der Waals surface area (Å²) < 4.78 is 139. The first kappa shape index (κ1) is 30.5. The van der Waals surface area contributed by atoms with Gasteiger partial charge in [0.2, 0.25) is 0 Å². The predicted octanol–water partition coefficient (Wildman–Crippen LogP) is 5.09. The van der Waals surface area contributed by atoms with Crippen molar-refractivity contribution in [2.24, 2.45) is 0 Å². The van der Waals surface area contributed by atoms with Gasteiger partial charge in [-0.1, -0.05) is 31.2 Å². The summed E-state index contributed by atoms with van der Waals surface area (Å²) in [4.78, 5) is -1.50. The number of hydrogen-bond acceptors (Lipinski definition) is 7. The lowest BCUT2D eigenvalue weighted by Gasteiger charge is -2.14. The summed E-state index contributed by atoms with van der Waals surface area (Å²) in [5, 5.41) is 0. The van der Waals surface area contributed by atoms with Crippen molar-refractivity contribution in [2.75, 3.05) is 0 Å². The maximum Gasteiger partial charge on any atom is 0.573 e. The van der Waals surface area contributed by atoms with Crippen molar-refractivity contribution in [3.63, 3.8) is 0 Å². The van der Waals surface area contributed by atoms with E-state index in [1.54, 1.807) is 6.92 Å². The molecule has 0 spiro atoms. The van der Waals surface area contributed by atoms with Crippen LogP contribution in [-0.4, -0.2) is 40.2 Å². The normalized spacial score (nSPS) is 12.7. The van der Waals surface area contributed by atoms with E-state index in [1.807, 2.05) is 0 Å². The average molecular weight is 554 g/mol. The molecule has 0 aromatic heterocycles. The minimum atomic E-state index is -5.02. The minimum absolute atomic E-state index is 0.0502. The van der Waals surface area contributed by atoms with E-state index in [1.165, 1.54) is 38.1 Å². The van der Waals surface area contributed by atoms with E-state index in [2.05, 4.69) is 13.7 Å². The van der Waals surface area contributed by atoms with Crippen LogP contribution in [0, 0.1) is 0 Å². The molecule has 0 saturated carbocycles. The van der Waals surface area contributed by atoms with Crippen LogP contribution in [0.2, 0.25) is 0 Å². The van der Waals surface area contributed by atoms with E-state index in [9.17, 15) is 43.2 Å². The number of rotatable bonds is 7. The van der Waals surface area contributed by atoms with Gasteiger partial charge in [0.25, 0.3) is 10.1 Å². The molecule has 0 aliphatic rings. The Kier molecular flexibility index (Phi) is 9.97. The van der Waals surface area contributed by atoms with Gasteiger partial charge < -0.3 is 9.47 Å². The van der Waals surface area contributed by atoms with Gasteiger partial charge in [-0.25, -0.2) is 0 Å². The molecule has 0 unspecified atom stereocenters. The highest BCUT2D eigenvalue weighted by Gasteiger charge is 2.35. The summed E-state index contributed by atoms with van der Waals surface area (Å²) in [5.74, 6) is -1.75. The molecule has 0 aliphatic carbocycles. The van der Waals surface area contributed by atoms with E-state index in [0.717, 1.165) is 18.2 Å². The van der Waals surface area contributed by atoms with Crippen molar-refractivity contribution < 1.29 is 61.4 Å². The van der Waals surface area contributed by atoms with Crippen LogP contribution in [0.5, 0.6) is 11.5 Å². The molecule has 2 aromatic carbocycles. The zero-order valence-electron chi connectivity index (χ0n) is 18.2. The topological polar surface area (TPSA) is 116 Å². The third-order valence-electron chi connectivity index (χ3n) is 3.59. The number of aryl methyl sites for hydroxylation is 1. The number of halogens is 6.